The van der Waals surface area contributed by atoms with Crippen molar-refractivity contribution in [3.05, 3.63) is 41.2 Å². The second kappa shape index (κ2) is 7.04. The van der Waals surface area contributed by atoms with Crippen molar-refractivity contribution < 1.29 is 9.84 Å². The molecule has 0 aliphatic heterocycles. The molecule has 0 bridgehead atoms. The molecule has 2 N–H and O–H groups in total. The molecule has 0 aliphatic rings. The Labute approximate surface area is 125 Å². The topological polar surface area (TPSA) is 67.3 Å². The van der Waals surface area contributed by atoms with Crippen molar-refractivity contribution in [3.63, 3.8) is 0 Å². The Hall–Kier alpha value is -2.14. The molecule has 0 radical (unpaired) electrons. The van der Waals surface area contributed by atoms with Gasteiger partial charge in [0.05, 0.1) is 12.2 Å². The normalized spacial score (nSPS) is 10.5. The molecule has 112 valence electrons. The van der Waals surface area contributed by atoms with Crippen molar-refractivity contribution >= 4 is 5.82 Å². The maximum atomic E-state index is 9.06. The number of aromatic nitrogens is 2. The number of anilines is 1. The summed E-state index contributed by atoms with van der Waals surface area (Å²) in [6.45, 7) is 4.05. The van der Waals surface area contributed by atoms with Crippen LogP contribution in [0.25, 0.3) is 0 Å². The van der Waals surface area contributed by atoms with Crippen LogP contribution in [0.1, 0.15) is 30.3 Å². The van der Waals surface area contributed by atoms with Crippen LogP contribution < -0.4 is 10.1 Å². The number of benzene rings is 1. The van der Waals surface area contributed by atoms with Crippen LogP contribution in [-0.4, -0.2) is 22.1 Å². The van der Waals surface area contributed by atoms with E-state index in [9.17, 15) is 0 Å². The van der Waals surface area contributed by atoms with Gasteiger partial charge in [0.25, 0.3) is 0 Å². The lowest BCUT2D eigenvalue weighted by atomic mass is 10.2. The van der Waals surface area contributed by atoms with E-state index < -0.39 is 0 Å². The van der Waals surface area contributed by atoms with Crippen molar-refractivity contribution in [1.82, 2.24) is 9.97 Å². The lowest BCUT2D eigenvalue weighted by molar-refractivity contribution is 0.281. The number of aliphatic hydroxyl groups excluding tert-OH is 1. The van der Waals surface area contributed by atoms with E-state index in [2.05, 4.69) is 22.2 Å². The lowest BCUT2D eigenvalue weighted by Gasteiger charge is -2.13. The third-order valence-corrected chi connectivity index (χ3v) is 3.18. The van der Waals surface area contributed by atoms with Crippen molar-refractivity contribution in [2.75, 3.05) is 12.4 Å². The molecule has 0 spiro atoms. The van der Waals surface area contributed by atoms with Crippen LogP contribution in [0.2, 0.25) is 0 Å². The largest absolute Gasteiger partial charge is 0.439 e. The Morgan fingerprint density at radius 1 is 1.19 bits per heavy atom. The van der Waals surface area contributed by atoms with E-state index in [-0.39, 0.29) is 6.61 Å². The molecular formula is C16H21N3O2. The highest BCUT2D eigenvalue weighted by Crippen LogP contribution is 2.27. The highest BCUT2D eigenvalue weighted by atomic mass is 16.5. The third kappa shape index (κ3) is 3.70. The third-order valence-electron chi connectivity index (χ3n) is 3.18. The average molecular weight is 287 g/mol. The zero-order chi connectivity index (χ0) is 15.2. The maximum Gasteiger partial charge on any atom is 0.227 e. The molecule has 5 nitrogen and oxygen atoms in total. The monoisotopic (exact) mass is 287 g/mol. The molecule has 21 heavy (non-hydrogen) atoms. The van der Waals surface area contributed by atoms with Crippen molar-refractivity contribution in [2.45, 2.75) is 33.3 Å². The number of aryl methyl sites for hydroxylation is 1. The Balaban J connectivity index is 2.30. The summed E-state index contributed by atoms with van der Waals surface area (Å²) < 4.78 is 5.87. The fraction of sp³-hybridized carbons (Fsp3) is 0.375. The molecule has 1 heterocycles. The van der Waals surface area contributed by atoms with Gasteiger partial charge in [0, 0.05) is 13.5 Å². The van der Waals surface area contributed by atoms with Gasteiger partial charge < -0.3 is 15.2 Å². The summed E-state index contributed by atoms with van der Waals surface area (Å²) in [5.41, 5.74) is 1.73. The van der Waals surface area contributed by atoms with Gasteiger partial charge in [-0.25, -0.2) is 4.98 Å². The number of nitrogens with zero attached hydrogens (tertiary/aromatic N) is 2. The number of rotatable bonds is 6. The summed E-state index contributed by atoms with van der Waals surface area (Å²) in [5.74, 6) is 2.82. The molecule has 0 saturated heterocycles. The fourth-order valence-electron chi connectivity index (χ4n) is 1.99. The van der Waals surface area contributed by atoms with Crippen molar-refractivity contribution in [3.8, 4) is 11.6 Å². The molecule has 5 heteroatoms. The van der Waals surface area contributed by atoms with E-state index >= 15 is 0 Å². The molecule has 1 aromatic heterocycles. The van der Waals surface area contributed by atoms with Gasteiger partial charge in [-0.1, -0.05) is 19.1 Å². The van der Waals surface area contributed by atoms with E-state index in [4.69, 9.17) is 9.84 Å². The summed E-state index contributed by atoms with van der Waals surface area (Å²) in [6.07, 6.45) is 1.80. The van der Waals surface area contributed by atoms with Gasteiger partial charge in [-0.15, -0.1) is 0 Å². The van der Waals surface area contributed by atoms with Crippen LogP contribution in [-0.2, 0) is 13.0 Å². The number of nitrogens with one attached hydrogen (secondary N) is 1. The second-order valence-electron chi connectivity index (χ2n) is 4.82. The molecule has 2 aromatic rings. The summed E-state index contributed by atoms with van der Waals surface area (Å²) in [4.78, 5) is 8.96. The zero-order valence-corrected chi connectivity index (χ0v) is 12.7. The molecule has 0 fully saturated rings. The highest BCUT2D eigenvalue weighted by Gasteiger charge is 2.11. The van der Waals surface area contributed by atoms with Gasteiger partial charge in [-0.2, -0.15) is 4.98 Å². The minimum Gasteiger partial charge on any atom is -0.439 e. The molecule has 0 amide bonds. The maximum absolute atomic E-state index is 9.06. The summed E-state index contributed by atoms with van der Waals surface area (Å²) in [5, 5.41) is 12.1. The standard InChI is InChI=1S/C16H21N3O2/c1-4-5-14-18-15(17-3)11(2)16(19-14)21-13-8-6-12(10-20)7-9-13/h6-9,20H,4-5,10H2,1-3H3,(H,17,18,19). The Kier molecular flexibility index (Phi) is 5.11. The first-order chi connectivity index (χ1) is 10.2. The fourth-order valence-corrected chi connectivity index (χ4v) is 1.99. The van der Waals surface area contributed by atoms with Gasteiger partial charge in [0.15, 0.2) is 0 Å². The van der Waals surface area contributed by atoms with E-state index in [0.717, 1.165) is 35.6 Å². The first-order valence-corrected chi connectivity index (χ1v) is 7.10. The molecule has 0 atom stereocenters. The van der Waals surface area contributed by atoms with E-state index in [0.29, 0.717) is 11.6 Å². The highest BCUT2D eigenvalue weighted by molar-refractivity contribution is 5.49. The quantitative estimate of drug-likeness (QED) is 0.854. The molecule has 2 rings (SSSR count). The summed E-state index contributed by atoms with van der Waals surface area (Å²) >= 11 is 0. The summed E-state index contributed by atoms with van der Waals surface area (Å²) in [7, 11) is 1.84. The lowest BCUT2D eigenvalue weighted by Crippen LogP contribution is -2.05. The zero-order valence-electron chi connectivity index (χ0n) is 12.7. The first kappa shape index (κ1) is 15.3. The Bertz CT molecular complexity index is 597. The minimum atomic E-state index is 0.0252. The van der Waals surface area contributed by atoms with E-state index in [1.807, 2.05) is 38.2 Å². The van der Waals surface area contributed by atoms with Crippen LogP contribution in [0.4, 0.5) is 5.82 Å². The van der Waals surface area contributed by atoms with Crippen LogP contribution in [0.5, 0.6) is 11.6 Å². The van der Waals surface area contributed by atoms with Gasteiger partial charge in [-0.3, -0.25) is 0 Å². The molecule has 0 saturated carbocycles. The van der Waals surface area contributed by atoms with Crippen LogP contribution in [0, 0.1) is 6.92 Å². The second-order valence-corrected chi connectivity index (χ2v) is 4.82. The van der Waals surface area contributed by atoms with Gasteiger partial charge in [-0.05, 0) is 31.0 Å². The predicted octanol–water partition coefficient (Wildman–Crippen LogP) is 3.06. The minimum absolute atomic E-state index is 0.0252. The van der Waals surface area contributed by atoms with Gasteiger partial charge in [0.2, 0.25) is 5.88 Å². The molecule has 0 aliphatic carbocycles. The van der Waals surface area contributed by atoms with E-state index in [1.165, 1.54) is 0 Å². The number of hydrogen-bond donors (Lipinski definition) is 2. The van der Waals surface area contributed by atoms with Crippen molar-refractivity contribution in [1.29, 1.82) is 0 Å². The predicted molar refractivity (Wildman–Crippen MR) is 82.7 cm³/mol. The Morgan fingerprint density at radius 3 is 2.48 bits per heavy atom. The molecular weight excluding hydrogens is 266 g/mol. The van der Waals surface area contributed by atoms with Crippen LogP contribution >= 0.6 is 0 Å². The molecule has 0 unspecified atom stereocenters. The van der Waals surface area contributed by atoms with E-state index in [1.54, 1.807) is 0 Å². The first-order valence-electron chi connectivity index (χ1n) is 7.10. The number of hydrogen-bond acceptors (Lipinski definition) is 5. The summed E-state index contributed by atoms with van der Waals surface area (Å²) in [6, 6.07) is 7.31. The average Bonchev–Trinajstić information content (AvgIpc) is 2.51. The SMILES string of the molecule is CCCc1nc(NC)c(C)c(Oc2ccc(CO)cc2)n1. The number of ether oxygens (including phenoxy) is 1. The van der Waals surface area contributed by atoms with Crippen LogP contribution in [0.3, 0.4) is 0 Å². The van der Waals surface area contributed by atoms with Crippen molar-refractivity contribution in [2.24, 2.45) is 0 Å². The van der Waals surface area contributed by atoms with Gasteiger partial charge >= 0.3 is 0 Å². The smallest absolute Gasteiger partial charge is 0.227 e. The Morgan fingerprint density at radius 2 is 1.90 bits per heavy atom. The number of aliphatic hydroxyl groups is 1. The van der Waals surface area contributed by atoms with Crippen LogP contribution in [0.15, 0.2) is 24.3 Å². The molecule has 1 aromatic carbocycles. The van der Waals surface area contributed by atoms with Gasteiger partial charge in [0.1, 0.15) is 17.4 Å².